The van der Waals surface area contributed by atoms with Crippen LogP contribution in [0.15, 0.2) is 59.5 Å². The number of anilines is 1. The molecule has 168 valence electrons. The summed E-state index contributed by atoms with van der Waals surface area (Å²) in [5.74, 6) is -0.726. The fourth-order valence-corrected chi connectivity index (χ4v) is 4.62. The molecular weight excluding hydrogens is 442 g/mol. The van der Waals surface area contributed by atoms with E-state index < -0.39 is 21.8 Å². The predicted octanol–water partition coefficient (Wildman–Crippen LogP) is 2.58. The number of sulfone groups is 1. The van der Waals surface area contributed by atoms with Gasteiger partial charge < -0.3 is 20.5 Å². The lowest BCUT2D eigenvalue weighted by atomic mass is 10.0. The summed E-state index contributed by atoms with van der Waals surface area (Å²) >= 11 is 0. The largest absolute Gasteiger partial charge is 0.366 e. The molecule has 1 aliphatic rings. The van der Waals surface area contributed by atoms with Crippen LogP contribution in [0, 0.1) is 11.3 Å². The average Bonchev–Trinajstić information content (AvgIpc) is 3.13. The Hall–Kier alpha value is -4.10. The van der Waals surface area contributed by atoms with Gasteiger partial charge in [-0.3, -0.25) is 4.79 Å². The molecule has 2 aromatic carbocycles. The molecule has 0 unspecified atom stereocenters. The maximum atomic E-state index is 12.9. The molecule has 3 aromatic rings. The molecule has 0 bridgehead atoms. The third kappa shape index (κ3) is 4.18. The van der Waals surface area contributed by atoms with E-state index in [4.69, 9.17) is 5.73 Å². The molecule has 10 heteroatoms. The lowest BCUT2D eigenvalue weighted by molar-refractivity contribution is 0.0996. The summed E-state index contributed by atoms with van der Waals surface area (Å²) in [5, 5.41) is 12.5. The summed E-state index contributed by atoms with van der Waals surface area (Å²) in [6.45, 7) is 0.812. The van der Waals surface area contributed by atoms with Crippen molar-refractivity contribution < 1.29 is 18.0 Å². The Balaban J connectivity index is 1.64. The highest BCUT2D eigenvalue weighted by Gasteiger charge is 2.32. The van der Waals surface area contributed by atoms with E-state index in [-0.39, 0.29) is 22.6 Å². The second kappa shape index (κ2) is 8.44. The number of carbonyl (C=O) groups is 2. The summed E-state index contributed by atoms with van der Waals surface area (Å²) < 4.78 is 25.1. The number of rotatable bonds is 4. The molecule has 4 rings (SSSR count). The van der Waals surface area contributed by atoms with Gasteiger partial charge in [0, 0.05) is 25.0 Å². The van der Waals surface area contributed by atoms with Crippen LogP contribution >= 0.6 is 0 Å². The molecule has 33 heavy (non-hydrogen) atoms. The van der Waals surface area contributed by atoms with Crippen LogP contribution in [0.5, 0.6) is 0 Å². The first-order valence-electron chi connectivity index (χ1n) is 10.1. The van der Waals surface area contributed by atoms with Crippen LogP contribution < -0.4 is 11.1 Å². The van der Waals surface area contributed by atoms with Crippen molar-refractivity contribution in [2.45, 2.75) is 18.0 Å². The number of urea groups is 1. The molecule has 0 spiro atoms. The number of nitrogens with two attached hydrogens (primary N) is 1. The van der Waals surface area contributed by atoms with Crippen molar-refractivity contribution in [1.82, 2.24) is 9.47 Å². The van der Waals surface area contributed by atoms with Gasteiger partial charge in [-0.15, -0.1) is 0 Å². The monoisotopic (exact) mass is 463 g/mol. The number of hydrogen-bond donors (Lipinski definition) is 2. The predicted molar refractivity (Wildman–Crippen MR) is 122 cm³/mol. The normalized spacial score (nSPS) is 13.2. The average molecular weight is 464 g/mol. The number of primary amides is 1. The van der Waals surface area contributed by atoms with E-state index in [1.807, 2.05) is 34.9 Å². The standard InChI is InChI=1S/C23H21N5O4S/c1-33(31,32)17-9-7-16(8-10-17)26-23(30)27-11-12-28-19(14-27)20(22(25)29)18(13-24)21(28)15-5-3-2-4-6-15/h2-10H,11-12,14H2,1H3,(H2,25,29)(H,26,30). The van der Waals surface area contributed by atoms with Crippen LogP contribution in [-0.4, -0.2) is 42.6 Å². The third-order valence-corrected chi connectivity index (χ3v) is 6.66. The van der Waals surface area contributed by atoms with E-state index in [2.05, 4.69) is 11.4 Å². The van der Waals surface area contributed by atoms with Gasteiger partial charge in [-0.1, -0.05) is 30.3 Å². The van der Waals surface area contributed by atoms with Crippen molar-refractivity contribution in [3.05, 3.63) is 71.4 Å². The Morgan fingerprint density at radius 2 is 1.73 bits per heavy atom. The molecule has 3 N–H and O–H groups in total. The molecule has 9 nitrogen and oxygen atoms in total. The molecule has 0 saturated heterocycles. The molecular formula is C23H21N5O4S. The Morgan fingerprint density at radius 3 is 2.30 bits per heavy atom. The molecule has 1 aromatic heterocycles. The Kier molecular flexibility index (Phi) is 5.66. The van der Waals surface area contributed by atoms with Crippen molar-refractivity contribution in [2.75, 3.05) is 18.1 Å². The fraction of sp³-hybridized carbons (Fsp3) is 0.174. The number of carbonyl (C=O) groups excluding carboxylic acids is 2. The van der Waals surface area contributed by atoms with Crippen LogP contribution in [0.25, 0.3) is 11.3 Å². The van der Waals surface area contributed by atoms with Crippen LogP contribution in [0.1, 0.15) is 21.6 Å². The molecule has 0 radical (unpaired) electrons. The van der Waals surface area contributed by atoms with Gasteiger partial charge in [0.05, 0.1) is 34.0 Å². The lowest BCUT2D eigenvalue weighted by Gasteiger charge is -2.30. The smallest absolute Gasteiger partial charge is 0.322 e. The van der Waals surface area contributed by atoms with Gasteiger partial charge in [0.1, 0.15) is 6.07 Å². The first-order chi connectivity index (χ1) is 15.7. The van der Waals surface area contributed by atoms with E-state index in [1.54, 1.807) is 0 Å². The quantitative estimate of drug-likeness (QED) is 0.612. The van der Waals surface area contributed by atoms with Gasteiger partial charge in [-0.05, 0) is 29.8 Å². The van der Waals surface area contributed by atoms with Gasteiger partial charge in [-0.25, -0.2) is 13.2 Å². The number of nitrogens with zero attached hydrogens (tertiary/aromatic N) is 3. The maximum absolute atomic E-state index is 12.9. The zero-order valence-corrected chi connectivity index (χ0v) is 18.6. The summed E-state index contributed by atoms with van der Waals surface area (Å²) in [7, 11) is -3.34. The number of nitriles is 1. The summed E-state index contributed by atoms with van der Waals surface area (Å²) in [5.41, 5.74) is 8.28. The van der Waals surface area contributed by atoms with Gasteiger partial charge in [0.25, 0.3) is 5.91 Å². The van der Waals surface area contributed by atoms with Crippen molar-refractivity contribution >= 4 is 27.5 Å². The highest BCUT2D eigenvalue weighted by molar-refractivity contribution is 7.90. The second-order valence-corrected chi connectivity index (χ2v) is 9.70. The van der Waals surface area contributed by atoms with E-state index in [1.165, 1.54) is 29.2 Å². The molecule has 0 atom stereocenters. The van der Waals surface area contributed by atoms with Crippen molar-refractivity contribution in [3.8, 4) is 17.3 Å². The number of nitrogens with one attached hydrogen (secondary N) is 1. The van der Waals surface area contributed by atoms with Gasteiger partial charge in [0.2, 0.25) is 0 Å². The highest BCUT2D eigenvalue weighted by atomic mass is 32.2. The minimum absolute atomic E-state index is 0.0903. The van der Waals surface area contributed by atoms with Gasteiger partial charge in [-0.2, -0.15) is 5.26 Å². The van der Waals surface area contributed by atoms with Crippen molar-refractivity contribution in [2.24, 2.45) is 5.73 Å². The maximum Gasteiger partial charge on any atom is 0.322 e. The van der Waals surface area contributed by atoms with E-state index in [0.717, 1.165) is 11.8 Å². The Morgan fingerprint density at radius 1 is 1.06 bits per heavy atom. The number of fused-ring (bicyclic) bond motifs is 1. The van der Waals surface area contributed by atoms with Gasteiger partial charge >= 0.3 is 6.03 Å². The molecule has 3 amide bonds. The Bertz CT molecular complexity index is 1390. The number of benzene rings is 2. The molecule has 0 saturated carbocycles. The minimum Gasteiger partial charge on any atom is -0.366 e. The summed E-state index contributed by atoms with van der Waals surface area (Å²) in [6, 6.07) is 16.8. The van der Waals surface area contributed by atoms with Crippen LogP contribution in [-0.2, 0) is 22.9 Å². The van der Waals surface area contributed by atoms with E-state index in [9.17, 15) is 23.3 Å². The second-order valence-electron chi connectivity index (χ2n) is 7.69. The number of aromatic nitrogens is 1. The Labute approximate surface area is 191 Å². The molecule has 2 heterocycles. The first-order valence-corrected chi connectivity index (χ1v) is 12.0. The molecule has 0 aliphatic carbocycles. The SMILES string of the molecule is CS(=O)(=O)c1ccc(NC(=O)N2CCn3c(c(C(N)=O)c(C#N)c3-c3ccccc3)C2)cc1. The molecule has 1 aliphatic heterocycles. The zero-order chi connectivity index (χ0) is 23.8. The van der Waals surface area contributed by atoms with Crippen LogP contribution in [0.3, 0.4) is 0 Å². The van der Waals surface area contributed by atoms with Gasteiger partial charge in [0.15, 0.2) is 9.84 Å². The third-order valence-electron chi connectivity index (χ3n) is 5.53. The zero-order valence-electron chi connectivity index (χ0n) is 17.8. The summed E-state index contributed by atoms with van der Waals surface area (Å²) in [6.07, 6.45) is 1.11. The highest BCUT2D eigenvalue weighted by Crippen LogP contribution is 2.34. The van der Waals surface area contributed by atoms with Crippen LogP contribution in [0.4, 0.5) is 10.5 Å². The topological polar surface area (TPSA) is 138 Å². The fourth-order valence-electron chi connectivity index (χ4n) is 3.99. The lowest BCUT2D eigenvalue weighted by Crippen LogP contribution is -2.41. The first kappa shape index (κ1) is 22.1. The minimum atomic E-state index is -3.34. The molecule has 0 fully saturated rings. The number of hydrogen-bond acceptors (Lipinski definition) is 5. The van der Waals surface area contributed by atoms with Crippen LogP contribution in [0.2, 0.25) is 0 Å². The number of amides is 3. The van der Waals surface area contributed by atoms with E-state index >= 15 is 0 Å². The van der Waals surface area contributed by atoms with E-state index in [0.29, 0.717) is 30.2 Å². The van der Waals surface area contributed by atoms with Crippen molar-refractivity contribution in [3.63, 3.8) is 0 Å². The summed E-state index contributed by atoms with van der Waals surface area (Å²) in [4.78, 5) is 26.8. The van der Waals surface area contributed by atoms with Crippen molar-refractivity contribution in [1.29, 1.82) is 5.26 Å².